The second-order valence-electron chi connectivity index (χ2n) is 3.28. The molecule has 14 heavy (non-hydrogen) atoms. The molecular formula is C12H10O2. The molecule has 0 fully saturated rings. The maximum absolute atomic E-state index is 11.8. The van der Waals surface area contributed by atoms with Gasteiger partial charge in [0.25, 0.3) is 0 Å². The Labute approximate surface area is 82.9 Å². The zero-order valence-electron chi connectivity index (χ0n) is 7.69. The largest absolute Gasteiger partial charge is 0.492 e. The SMILES string of the molecule is C#CCC1COc2ccccc2C1=O. The highest BCUT2D eigenvalue weighted by atomic mass is 16.5. The zero-order valence-corrected chi connectivity index (χ0v) is 7.69. The predicted molar refractivity (Wildman–Crippen MR) is 53.2 cm³/mol. The van der Waals surface area contributed by atoms with Gasteiger partial charge in [0.05, 0.1) is 18.1 Å². The molecule has 1 aliphatic rings. The van der Waals surface area contributed by atoms with Crippen LogP contribution in [0.1, 0.15) is 16.8 Å². The van der Waals surface area contributed by atoms with Crippen LogP contribution < -0.4 is 4.74 Å². The van der Waals surface area contributed by atoms with Gasteiger partial charge in [-0.05, 0) is 12.1 Å². The Bertz CT molecular complexity index is 401. The highest BCUT2D eigenvalue weighted by Crippen LogP contribution is 2.27. The molecule has 0 spiro atoms. The van der Waals surface area contributed by atoms with Crippen LogP contribution in [0.25, 0.3) is 0 Å². The molecule has 2 heteroatoms. The average molecular weight is 186 g/mol. The number of rotatable bonds is 1. The molecule has 0 N–H and O–H groups in total. The predicted octanol–water partition coefficient (Wildman–Crippen LogP) is 1.90. The van der Waals surface area contributed by atoms with Crippen LogP contribution in [0.5, 0.6) is 5.75 Å². The van der Waals surface area contributed by atoms with Crippen LogP contribution in [0, 0.1) is 18.3 Å². The number of benzene rings is 1. The smallest absolute Gasteiger partial charge is 0.174 e. The molecule has 1 unspecified atom stereocenters. The number of carbonyl (C=O) groups is 1. The Morgan fingerprint density at radius 2 is 2.29 bits per heavy atom. The summed E-state index contributed by atoms with van der Waals surface area (Å²) >= 11 is 0. The zero-order chi connectivity index (χ0) is 9.97. The summed E-state index contributed by atoms with van der Waals surface area (Å²) in [5.74, 6) is 3.10. The van der Waals surface area contributed by atoms with E-state index < -0.39 is 0 Å². The first-order chi connectivity index (χ1) is 6.83. The summed E-state index contributed by atoms with van der Waals surface area (Å²) in [4.78, 5) is 11.8. The van der Waals surface area contributed by atoms with Gasteiger partial charge in [-0.2, -0.15) is 0 Å². The van der Waals surface area contributed by atoms with Gasteiger partial charge in [0.15, 0.2) is 5.78 Å². The van der Waals surface area contributed by atoms with Crippen molar-refractivity contribution in [2.24, 2.45) is 5.92 Å². The number of carbonyl (C=O) groups excluding carboxylic acids is 1. The van der Waals surface area contributed by atoms with Crippen LogP contribution in [0.3, 0.4) is 0 Å². The first kappa shape index (κ1) is 8.83. The lowest BCUT2D eigenvalue weighted by Crippen LogP contribution is -2.27. The summed E-state index contributed by atoms with van der Waals surface area (Å²) in [5.41, 5.74) is 0.652. The molecule has 1 aliphatic heterocycles. The molecular weight excluding hydrogens is 176 g/mol. The quantitative estimate of drug-likeness (QED) is 0.626. The number of hydrogen-bond donors (Lipinski definition) is 0. The third-order valence-corrected chi connectivity index (χ3v) is 2.33. The topological polar surface area (TPSA) is 26.3 Å². The fourth-order valence-corrected chi connectivity index (χ4v) is 1.58. The Kier molecular flexibility index (Phi) is 2.24. The van der Waals surface area contributed by atoms with Gasteiger partial charge in [-0.3, -0.25) is 4.79 Å². The maximum Gasteiger partial charge on any atom is 0.174 e. The van der Waals surface area contributed by atoms with Crippen molar-refractivity contribution in [2.75, 3.05) is 6.61 Å². The van der Waals surface area contributed by atoms with Gasteiger partial charge >= 0.3 is 0 Å². The number of ketones is 1. The van der Waals surface area contributed by atoms with Crippen molar-refractivity contribution >= 4 is 5.78 Å². The van der Waals surface area contributed by atoms with Crippen LogP contribution in [0.15, 0.2) is 24.3 Å². The molecule has 0 saturated carbocycles. The Balaban J connectivity index is 2.33. The molecule has 0 radical (unpaired) electrons. The van der Waals surface area contributed by atoms with E-state index in [9.17, 15) is 4.79 Å². The van der Waals surface area contributed by atoms with Crippen LogP contribution in [-0.2, 0) is 0 Å². The van der Waals surface area contributed by atoms with Gasteiger partial charge < -0.3 is 4.74 Å². The van der Waals surface area contributed by atoms with Crippen molar-refractivity contribution in [1.82, 2.24) is 0 Å². The van der Waals surface area contributed by atoms with E-state index in [1.54, 1.807) is 12.1 Å². The van der Waals surface area contributed by atoms with Gasteiger partial charge in [0.2, 0.25) is 0 Å². The summed E-state index contributed by atoms with van der Waals surface area (Å²) in [6.07, 6.45) is 5.64. The van der Waals surface area contributed by atoms with E-state index in [1.165, 1.54) is 0 Å². The van der Waals surface area contributed by atoms with Gasteiger partial charge in [-0.15, -0.1) is 12.3 Å². The molecule has 1 atom stereocenters. The maximum atomic E-state index is 11.8. The lowest BCUT2D eigenvalue weighted by Gasteiger charge is -2.22. The number of ether oxygens (including phenoxy) is 1. The normalized spacial score (nSPS) is 19.4. The molecule has 1 aromatic rings. The Morgan fingerprint density at radius 1 is 1.50 bits per heavy atom. The first-order valence-electron chi connectivity index (χ1n) is 4.52. The highest BCUT2D eigenvalue weighted by Gasteiger charge is 2.27. The fourth-order valence-electron chi connectivity index (χ4n) is 1.58. The minimum atomic E-state index is -0.171. The minimum absolute atomic E-state index is 0.102. The number of Topliss-reactive ketones (excluding diaryl/α,β-unsaturated/α-hetero) is 1. The third kappa shape index (κ3) is 1.38. The Morgan fingerprint density at radius 3 is 3.07 bits per heavy atom. The molecule has 0 saturated heterocycles. The van der Waals surface area contributed by atoms with Crippen molar-refractivity contribution in [3.05, 3.63) is 29.8 Å². The van der Waals surface area contributed by atoms with E-state index in [0.717, 1.165) is 0 Å². The van der Waals surface area contributed by atoms with Crippen molar-refractivity contribution < 1.29 is 9.53 Å². The standard InChI is InChI=1S/C12H10O2/c1-2-5-9-8-14-11-7-4-3-6-10(11)12(9)13/h1,3-4,6-7,9H,5,8H2. The molecule has 70 valence electrons. The van der Waals surface area contributed by atoms with E-state index in [0.29, 0.717) is 24.3 Å². The van der Waals surface area contributed by atoms with Crippen molar-refractivity contribution in [3.8, 4) is 18.1 Å². The molecule has 0 bridgehead atoms. The molecule has 0 aromatic heterocycles. The van der Waals surface area contributed by atoms with E-state index in [1.807, 2.05) is 12.1 Å². The summed E-state index contributed by atoms with van der Waals surface area (Å²) in [6, 6.07) is 7.27. The second-order valence-corrected chi connectivity index (χ2v) is 3.28. The molecule has 1 heterocycles. The van der Waals surface area contributed by atoms with Crippen LogP contribution in [-0.4, -0.2) is 12.4 Å². The van der Waals surface area contributed by atoms with Gasteiger partial charge in [0, 0.05) is 6.42 Å². The minimum Gasteiger partial charge on any atom is -0.492 e. The molecule has 0 aliphatic carbocycles. The summed E-state index contributed by atoms with van der Waals surface area (Å²) < 4.78 is 5.44. The van der Waals surface area contributed by atoms with Gasteiger partial charge in [-0.25, -0.2) is 0 Å². The fraction of sp³-hybridized carbons (Fsp3) is 0.250. The first-order valence-corrected chi connectivity index (χ1v) is 4.52. The van der Waals surface area contributed by atoms with Crippen LogP contribution in [0.4, 0.5) is 0 Å². The average Bonchev–Trinajstić information content (AvgIpc) is 2.23. The van der Waals surface area contributed by atoms with E-state index >= 15 is 0 Å². The Hall–Kier alpha value is -1.75. The summed E-state index contributed by atoms with van der Waals surface area (Å²) in [6.45, 7) is 0.403. The number of para-hydroxylation sites is 1. The summed E-state index contributed by atoms with van der Waals surface area (Å²) in [7, 11) is 0. The van der Waals surface area contributed by atoms with E-state index in [4.69, 9.17) is 11.2 Å². The van der Waals surface area contributed by atoms with Crippen molar-refractivity contribution in [3.63, 3.8) is 0 Å². The third-order valence-electron chi connectivity index (χ3n) is 2.33. The lowest BCUT2D eigenvalue weighted by molar-refractivity contribution is 0.0835. The number of fused-ring (bicyclic) bond motifs is 1. The highest BCUT2D eigenvalue weighted by molar-refractivity contribution is 6.01. The van der Waals surface area contributed by atoms with Crippen LogP contribution >= 0.6 is 0 Å². The van der Waals surface area contributed by atoms with E-state index in [-0.39, 0.29) is 11.7 Å². The van der Waals surface area contributed by atoms with Crippen LogP contribution in [0.2, 0.25) is 0 Å². The van der Waals surface area contributed by atoms with Crippen molar-refractivity contribution in [2.45, 2.75) is 6.42 Å². The molecule has 2 rings (SSSR count). The van der Waals surface area contributed by atoms with Gasteiger partial charge in [-0.1, -0.05) is 12.1 Å². The van der Waals surface area contributed by atoms with Gasteiger partial charge in [0.1, 0.15) is 5.75 Å². The second kappa shape index (κ2) is 3.55. The lowest BCUT2D eigenvalue weighted by atomic mass is 9.93. The molecule has 0 amide bonds. The number of terminal acetylenes is 1. The van der Waals surface area contributed by atoms with E-state index in [2.05, 4.69) is 5.92 Å². The molecule has 2 nitrogen and oxygen atoms in total. The van der Waals surface area contributed by atoms with Crippen molar-refractivity contribution in [1.29, 1.82) is 0 Å². The summed E-state index contributed by atoms with van der Waals surface area (Å²) in [5, 5.41) is 0. The number of hydrogen-bond acceptors (Lipinski definition) is 2. The monoisotopic (exact) mass is 186 g/mol. The molecule has 1 aromatic carbocycles.